The molecule has 0 aliphatic rings. The minimum Gasteiger partial charge on any atom is -0.508 e. The van der Waals surface area contributed by atoms with Crippen LogP contribution in [0.1, 0.15) is 16.8 Å². The first kappa shape index (κ1) is 10.0. The monoisotopic (exact) mass is 196 g/mol. The van der Waals surface area contributed by atoms with Crippen molar-refractivity contribution in [2.45, 2.75) is 6.42 Å². The van der Waals surface area contributed by atoms with Crippen molar-refractivity contribution >= 4 is 12.1 Å². The lowest BCUT2D eigenvalue weighted by Crippen LogP contribution is -2.00. The number of carbonyl (C=O) groups is 2. The number of aldehydes is 1. The molecule has 0 aliphatic heterocycles. The maximum atomic E-state index is 11.2. The Morgan fingerprint density at radius 3 is 2.14 bits per heavy atom. The number of phenols is 3. The zero-order chi connectivity index (χ0) is 10.7. The molecule has 0 spiro atoms. The van der Waals surface area contributed by atoms with Crippen molar-refractivity contribution in [3.05, 3.63) is 17.7 Å². The molecule has 0 atom stereocenters. The van der Waals surface area contributed by atoms with Gasteiger partial charge >= 0.3 is 0 Å². The second-order valence-corrected chi connectivity index (χ2v) is 2.65. The summed E-state index contributed by atoms with van der Waals surface area (Å²) in [6.07, 6.45) is -0.0556. The largest absolute Gasteiger partial charge is 0.508 e. The van der Waals surface area contributed by atoms with Gasteiger partial charge in [0.15, 0.2) is 5.78 Å². The molecule has 14 heavy (non-hydrogen) atoms. The van der Waals surface area contributed by atoms with Crippen LogP contribution in [0.15, 0.2) is 12.1 Å². The molecule has 5 nitrogen and oxygen atoms in total. The SMILES string of the molecule is O=CCC(=O)c1c(O)cc(O)cc1O. The smallest absolute Gasteiger partial charge is 0.177 e. The number of ketones is 1. The van der Waals surface area contributed by atoms with Crippen molar-refractivity contribution < 1.29 is 24.9 Å². The van der Waals surface area contributed by atoms with Crippen LogP contribution in [0.5, 0.6) is 17.2 Å². The summed E-state index contributed by atoms with van der Waals surface area (Å²) in [7, 11) is 0. The van der Waals surface area contributed by atoms with E-state index in [4.69, 9.17) is 5.11 Å². The lowest BCUT2D eigenvalue weighted by Gasteiger charge is -2.04. The third-order valence-electron chi connectivity index (χ3n) is 1.63. The summed E-state index contributed by atoms with van der Waals surface area (Å²) in [5.74, 6) is -2.15. The van der Waals surface area contributed by atoms with Crippen LogP contribution in [0.4, 0.5) is 0 Å². The Morgan fingerprint density at radius 2 is 1.71 bits per heavy atom. The fraction of sp³-hybridized carbons (Fsp3) is 0.111. The van der Waals surface area contributed by atoms with Gasteiger partial charge in [0.05, 0.1) is 6.42 Å². The zero-order valence-electron chi connectivity index (χ0n) is 7.10. The van der Waals surface area contributed by atoms with Gasteiger partial charge in [0.2, 0.25) is 0 Å². The number of phenolic OH excluding ortho intramolecular Hbond substituents is 3. The fourth-order valence-corrected chi connectivity index (χ4v) is 1.06. The molecule has 74 valence electrons. The fourth-order valence-electron chi connectivity index (χ4n) is 1.06. The van der Waals surface area contributed by atoms with E-state index in [0.29, 0.717) is 6.29 Å². The number of hydrogen-bond acceptors (Lipinski definition) is 5. The molecule has 1 aromatic carbocycles. The Hall–Kier alpha value is -2.04. The van der Waals surface area contributed by atoms with Crippen molar-refractivity contribution in [1.82, 2.24) is 0 Å². The number of aromatic hydroxyl groups is 3. The highest BCUT2D eigenvalue weighted by Gasteiger charge is 2.16. The van der Waals surface area contributed by atoms with E-state index in [-0.39, 0.29) is 11.3 Å². The average Bonchev–Trinajstić information content (AvgIpc) is 2.01. The molecule has 0 heterocycles. The van der Waals surface area contributed by atoms with Crippen LogP contribution in [-0.4, -0.2) is 27.4 Å². The number of carbonyl (C=O) groups excluding carboxylic acids is 2. The van der Waals surface area contributed by atoms with Crippen molar-refractivity contribution in [3.8, 4) is 17.2 Å². The summed E-state index contributed by atoms with van der Waals surface area (Å²) in [5, 5.41) is 27.4. The van der Waals surface area contributed by atoms with Crippen LogP contribution in [0.3, 0.4) is 0 Å². The van der Waals surface area contributed by atoms with Gasteiger partial charge in [-0.3, -0.25) is 4.79 Å². The molecule has 0 saturated heterocycles. The van der Waals surface area contributed by atoms with Crippen molar-refractivity contribution in [3.63, 3.8) is 0 Å². The van der Waals surface area contributed by atoms with Crippen LogP contribution in [0.2, 0.25) is 0 Å². The first-order valence-corrected chi connectivity index (χ1v) is 3.78. The van der Waals surface area contributed by atoms with E-state index < -0.39 is 23.7 Å². The summed E-state index contributed by atoms with van der Waals surface area (Å²) in [4.78, 5) is 21.2. The Morgan fingerprint density at radius 1 is 1.21 bits per heavy atom. The van der Waals surface area contributed by atoms with E-state index in [9.17, 15) is 19.8 Å². The summed E-state index contributed by atoms with van der Waals surface area (Å²) >= 11 is 0. The van der Waals surface area contributed by atoms with Crippen LogP contribution < -0.4 is 0 Å². The molecule has 0 fully saturated rings. The molecular weight excluding hydrogens is 188 g/mol. The lowest BCUT2D eigenvalue weighted by atomic mass is 10.1. The van der Waals surface area contributed by atoms with Crippen LogP contribution in [0.25, 0.3) is 0 Å². The van der Waals surface area contributed by atoms with Gasteiger partial charge in [0.25, 0.3) is 0 Å². The van der Waals surface area contributed by atoms with Gasteiger partial charge in [-0.2, -0.15) is 0 Å². The van der Waals surface area contributed by atoms with Crippen molar-refractivity contribution in [2.24, 2.45) is 0 Å². The molecule has 1 rings (SSSR count). The molecule has 5 heteroatoms. The molecule has 0 aromatic heterocycles. The molecule has 1 aromatic rings. The molecule has 0 unspecified atom stereocenters. The third kappa shape index (κ3) is 1.82. The second-order valence-electron chi connectivity index (χ2n) is 2.65. The van der Waals surface area contributed by atoms with Gasteiger partial charge in [-0.1, -0.05) is 0 Å². The van der Waals surface area contributed by atoms with Gasteiger partial charge < -0.3 is 20.1 Å². The topological polar surface area (TPSA) is 94.8 Å². The maximum absolute atomic E-state index is 11.2. The van der Waals surface area contributed by atoms with E-state index in [1.54, 1.807) is 0 Å². The lowest BCUT2D eigenvalue weighted by molar-refractivity contribution is -0.107. The van der Waals surface area contributed by atoms with Crippen LogP contribution in [-0.2, 0) is 4.79 Å². The normalized spacial score (nSPS) is 9.71. The maximum Gasteiger partial charge on any atom is 0.177 e. The highest BCUT2D eigenvalue weighted by molar-refractivity contribution is 6.06. The van der Waals surface area contributed by atoms with Gasteiger partial charge in [0.1, 0.15) is 29.1 Å². The zero-order valence-corrected chi connectivity index (χ0v) is 7.10. The summed E-state index contributed by atoms with van der Waals surface area (Å²) < 4.78 is 0. The molecular formula is C9H8O5. The second kappa shape index (κ2) is 3.78. The Bertz CT molecular complexity index is 360. The van der Waals surface area contributed by atoms with E-state index in [1.165, 1.54) is 0 Å². The Balaban J connectivity index is 3.20. The predicted molar refractivity (Wildman–Crippen MR) is 46.4 cm³/mol. The highest BCUT2D eigenvalue weighted by atomic mass is 16.3. The third-order valence-corrected chi connectivity index (χ3v) is 1.63. The molecule has 0 radical (unpaired) electrons. The van der Waals surface area contributed by atoms with E-state index in [1.807, 2.05) is 0 Å². The van der Waals surface area contributed by atoms with Gasteiger partial charge in [-0.15, -0.1) is 0 Å². The predicted octanol–water partition coefficient (Wildman–Crippen LogP) is 0.575. The Labute approximate surface area is 79.2 Å². The van der Waals surface area contributed by atoms with Crippen molar-refractivity contribution in [2.75, 3.05) is 0 Å². The minimum atomic E-state index is -0.699. The van der Waals surface area contributed by atoms with E-state index in [0.717, 1.165) is 12.1 Å². The molecule has 0 amide bonds. The first-order valence-electron chi connectivity index (χ1n) is 3.78. The molecule has 0 saturated carbocycles. The number of Topliss-reactive ketones (excluding diaryl/α,β-unsaturated/α-hetero) is 1. The Kier molecular flexibility index (Phi) is 2.71. The van der Waals surface area contributed by atoms with Gasteiger partial charge in [-0.25, -0.2) is 0 Å². The van der Waals surface area contributed by atoms with Gasteiger partial charge in [-0.05, 0) is 0 Å². The van der Waals surface area contributed by atoms with Crippen LogP contribution in [0, 0.1) is 0 Å². The number of benzene rings is 1. The van der Waals surface area contributed by atoms with E-state index in [2.05, 4.69) is 0 Å². The first-order chi connectivity index (χ1) is 6.56. The standard InChI is InChI=1S/C9H8O5/c10-2-1-6(12)9-7(13)3-5(11)4-8(9)14/h2-4,11,13-14H,1H2. The quantitative estimate of drug-likeness (QED) is 0.373. The van der Waals surface area contributed by atoms with Crippen molar-refractivity contribution in [1.29, 1.82) is 0 Å². The molecule has 0 bridgehead atoms. The van der Waals surface area contributed by atoms with Crippen LogP contribution >= 0.6 is 0 Å². The summed E-state index contributed by atoms with van der Waals surface area (Å²) in [5.41, 5.74) is -0.352. The summed E-state index contributed by atoms with van der Waals surface area (Å²) in [6, 6.07) is 1.83. The van der Waals surface area contributed by atoms with Gasteiger partial charge in [0, 0.05) is 12.1 Å². The summed E-state index contributed by atoms with van der Waals surface area (Å²) in [6.45, 7) is 0. The van der Waals surface area contributed by atoms with E-state index >= 15 is 0 Å². The number of hydrogen-bond donors (Lipinski definition) is 3. The minimum absolute atomic E-state index is 0.352. The highest BCUT2D eigenvalue weighted by Crippen LogP contribution is 2.32. The average molecular weight is 196 g/mol. The number of rotatable bonds is 3. The molecule has 0 aliphatic carbocycles. The molecule has 3 N–H and O–H groups in total.